The van der Waals surface area contributed by atoms with Crippen molar-refractivity contribution in [2.24, 2.45) is 0 Å². The summed E-state index contributed by atoms with van der Waals surface area (Å²) in [5.74, 6) is 1.60. The maximum atomic E-state index is 5.41. The monoisotopic (exact) mass is 290 g/mol. The van der Waals surface area contributed by atoms with Crippen LogP contribution in [0.15, 0.2) is 23.6 Å². The van der Waals surface area contributed by atoms with Crippen LogP contribution in [0, 0.1) is 0 Å². The Balaban J connectivity index is 1.61. The third kappa shape index (κ3) is 2.10. The third-order valence-electron chi connectivity index (χ3n) is 3.44. The number of anilines is 1. The smallest absolute Gasteiger partial charge is 0.231 e. The minimum absolute atomic E-state index is 0.300. The molecule has 1 fully saturated rings. The van der Waals surface area contributed by atoms with Crippen molar-refractivity contribution in [3.63, 3.8) is 0 Å². The first kappa shape index (κ1) is 12.0. The summed E-state index contributed by atoms with van der Waals surface area (Å²) < 4.78 is 16.1. The maximum absolute atomic E-state index is 5.41. The minimum atomic E-state index is 0.300. The van der Waals surface area contributed by atoms with Crippen LogP contribution in [0.1, 0.15) is 0 Å². The van der Waals surface area contributed by atoms with Gasteiger partial charge in [0.15, 0.2) is 16.6 Å². The van der Waals surface area contributed by atoms with Gasteiger partial charge < -0.3 is 19.1 Å². The highest BCUT2D eigenvalue weighted by atomic mass is 32.1. The van der Waals surface area contributed by atoms with Crippen molar-refractivity contribution in [1.29, 1.82) is 0 Å². The summed E-state index contributed by atoms with van der Waals surface area (Å²) in [5, 5.41) is 3.14. The normalized spacial score (nSPS) is 17.5. The number of ether oxygens (including phenoxy) is 3. The van der Waals surface area contributed by atoms with E-state index in [9.17, 15) is 0 Å². The quantitative estimate of drug-likeness (QED) is 0.849. The van der Waals surface area contributed by atoms with E-state index in [2.05, 4.69) is 10.3 Å². The van der Waals surface area contributed by atoms with Crippen molar-refractivity contribution in [3.8, 4) is 22.8 Å². The fraction of sp³-hybridized carbons (Fsp3) is 0.357. The van der Waals surface area contributed by atoms with Gasteiger partial charge in [-0.25, -0.2) is 4.98 Å². The number of hydrogen-bond donors (Lipinski definition) is 0. The van der Waals surface area contributed by atoms with E-state index in [1.54, 1.807) is 11.3 Å². The molecule has 4 rings (SSSR count). The van der Waals surface area contributed by atoms with Gasteiger partial charge in [0.2, 0.25) is 6.79 Å². The number of hydrogen-bond acceptors (Lipinski definition) is 6. The van der Waals surface area contributed by atoms with Gasteiger partial charge in [0, 0.05) is 24.0 Å². The Morgan fingerprint density at radius 2 is 1.95 bits per heavy atom. The molecule has 0 N–H and O–H groups in total. The Labute approximate surface area is 120 Å². The lowest BCUT2D eigenvalue weighted by atomic mass is 10.1. The summed E-state index contributed by atoms with van der Waals surface area (Å²) in [6, 6.07) is 5.94. The summed E-state index contributed by atoms with van der Waals surface area (Å²) in [6.45, 7) is 3.68. The molecule has 0 unspecified atom stereocenters. The summed E-state index contributed by atoms with van der Waals surface area (Å²) in [6.07, 6.45) is 0. The van der Waals surface area contributed by atoms with Crippen LogP contribution in [-0.2, 0) is 4.74 Å². The van der Waals surface area contributed by atoms with E-state index < -0.39 is 0 Å². The van der Waals surface area contributed by atoms with Crippen LogP contribution < -0.4 is 14.4 Å². The van der Waals surface area contributed by atoms with Gasteiger partial charge >= 0.3 is 0 Å². The fourth-order valence-corrected chi connectivity index (χ4v) is 3.24. The molecule has 2 aliphatic heterocycles. The second-order valence-electron chi connectivity index (χ2n) is 4.68. The van der Waals surface area contributed by atoms with Gasteiger partial charge in [-0.15, -0.1) is 11.3 Å². The molecule has 0 spiro atoms. The Bertz CT molecular complexity index is 623. The molecular weight excluding hydrogens is 276 g/mol. The molecule has 1 saturated heterocycles. The first-order valence-electron chi connectivity index (χ1n) is 6.58. The van der Waals surface area contributed by atoms with E-state index in [1.807, 2.05) is 18.2 Å². The predicted molar refractivity (Wildman–Crippen MR) is 76.7 cm³/mol. The number of morpholine rings is 1. The molecule has 5 nitrogen and oxygen atoms in total. The second-order valence-corrected chi connectivity index (χ2v) is 5.52. The van der Waals surface area contributed by atoms with Crippen molar-refractivity contribution in [2.75, 3.05) is 38.0 Å². The Kier molecular flexibility index (Phi) is 2.97. The first-order valence-corrected chi connectivity index (χ1v) is 7.46. The largest absolute Gasteiger partial charge is 0.454 e. The molecule has 0 radical (unpaired) electrons. The van der Waals surface area contributed by atoms with Crippen LogP contribution in [0.2, 0.25) is 0 Å². The molecule has 0 saturated carbocycles. The molecule has 1 aromatic carbocycles. The van der Waals surface area contributed by atoms with Gasteiger partial charge in [-0.1, -0.05) is 0 Å². The Morgan fingerprint density at radius 1 is 1.10 bits per heavy atom. The van der Waals surface area contributed by atoms with Crippen LogP contribution in [0.4, 0.5) is 5.13 Å². The lowest BCUT2D eigenvalue weighted by Gasteiger charge is -2.26. The van der Waals surface area contributed by atoms with Crippen LogP contribution >= 0.6 is 11.3 Å². The molecule has 0 amide bonds. The van der Waals surface area contributed by atoms with Gasteiger partial charge in [0.1, 0.15) is 0 Å². The molecule has 0 atom stereocenters. The fourth-order valence-electron chi connectivity index (χ4n) is 2.35. The van der Waals surface area contributed by atoms with Gasteiger partial charge in [0.05, 0.1) is 18.9 Å². The highest BCUT2D eigenvalue weighted by molar-refractivity contribution is 7.14. The van der Waals surface area contributed by atoms with Gasteiger partial charge in [0.25, 0.3) is 0 Å². The molecule has 104 valence electrons. The standard InChI is InChI=1S/C14H14N2O3S/c1-2-12-13(19-9-18-12)7-10(1)11-8-20-14(15-11)16-3-5-17-6-4-16/h1-2,7-8H,3-6,9H2. The van der Waals surface area contributed by atoms with Crippen molar-refractivity contribution < 1.29 is 14.2 Å². The average Bonchev–Trinajstić information content (AvgIpc) is 3.16. The zero-order valence-corrected chi connectivity index (χ0v) is 11.7. The van der Waals surface area contributed by atoms with Crippen LogP contribution in [0.25, 0.3) is 11.3 Å². The van der Waals surface area contributed by atoms with Crippen LogP contribution in [0.3, 0.4) is 0 Å². The Morgan fingerprint density at radius 3 is 2.85 bits per heavy atom. The molecule has 0 aliphatic carbocycles. The second kappa shape index (κ2) is 4.96. The van der Waals surface area contributed by atoms with Crippen molar-refractivity contribution in [3.05, 3.63) is 23.6 Å². The highest BCUT2D eigenvalue weighted by Gasteiger charge is 2.17. The van der Waals surface area contributed by atoms with Crippen LogP contribution in [-0.4, -0.2) is 38.1 Å². The zero-order chi connectivity index (χ0) is 13.4. The van der Waals surface area contributed by atoms with Gasteiger partial charge in [-0.05, 0) is 18.2 Å². The topological polar surface area (TPSA) is 43.8 Å². The molecular formula is C14H14N2O3S. The summed E-state index contributed by atoms with van der Waals surface area (Å²) >= 11 is 1.67. The van der Waals surface area contributed by atoms with Gasteiger partial charge in [-0.2, -0.15) is 0 Å². The van der Waals surface area contributed by atoms with E-state index in [1.165, 1.54) is 0 Å². The lowest BCUT2D eigenvalue weighted by Crippen LogP contribution is -2.36. The first-order chi connectivity index (χ1) is 9.90. The molecule has 3 heterocycles. The zero-order valence-electron chi connectivity index (χ0n) is 10.9. The molecule has 2 aromatic rings. The van der Waals surface area contributed by atoms with E-state index in [0.29, 0.717) is 6.79 Å². The lowest BCUT2D eigenvalue weighted by molar-refractivity contribution is 0.122. The van der Waals surface area contributed by atoms with E-state index in [-0.39, 0.29) is 0 Å². The predicted octanol–water partition coefficient (Wildman–Crippen LogP) is 2.38. The molecule has 1 aromatic heterocycles. The molecule has 6 heteroatoms. The van der Waals surface area contributed by atoms with Gasteiger partial charge in [-0.3, -0.25) is 0 Å². The molecule has 0 bridgehead atoms. The number of benzene rings is 1. The molecule has 2 aliphatic rings. The highest BCUT2D eigenvalue weighted by Crippen LogP contribution is 2.37. The number of aromatic nitrogens is 1. The van der Waals surface area contributed by atoms with E-state index in [4.69, 9.17) is 19.2 Å². The summed E-state index contributed by atoms with van der Waals surface area (Å²) in [7, 11) is 0. The van der Waals surface area contributed by atoms with Crippen LogP contribution in [0.5, 0.6) is 11.5 Å². The van der Waals surface area contributed by atoms with Crippen molar-refractivity contribution in [1.82, 2.24) is 4.98 Å². The number of fused-ring (bicyclic) bond motifs is 1. The molecule has 20 heavy (non-hydrogen) atoms. The SMILES string of the molecule is c1cc2c(cc1-c1csc(N3CCOCC3)n1)OCO2. The summed E-state index contributed by atoms with van der Waals surface area (Å²) in [5.41, 5.74) is 2.04. The number of nitrogens with zero attached hydrogens (tertiary/aromatic N) is 2. The van der Waals surface area contributed by atoms with E-state index in [0.717, 1.165) is 54.2 Å². The number of rotatable bonds is 2. The minimum Gasteiger partial charge on any atom is -0.454 e. The maximum Gasteiger partial charge on any atom is 0.231 e. The summed E-state index contributed by atoms with van der Waals surface area (Å²) in [4.78, 5) is 6.99. The van der Waals surface area contributed by atoms with Crippen molar-refractivity contribution in [2.45, 2.75) is 0 Å². The van der Waals surface area contributed by atoms with E-state index >= 15 is 0 Å². The Hall–Kier alpha value is -1.79. The number of thiazole rings is 1. The average molecular weight is 290 g/mol. The third-order valence-corrected chi connectivity index (χ3v) is 4.34. The van der Waals surface area contributed by atoms with Crippen molar-refractivity contribution >= 4 is 16.5 Å².